The third-order valence-electron chi connectivity index (χ3n) is 4.70. The zero-order valence-corrected chi connectivity index (χ0v) is 17.0. The molecule has 2 aromatic carbocycles. The molecule has 0 aliphatic carbocycles. The molecule has 0 atom stereocenters. The van der Waals surface area contributed by atoms with Crippen molar-refractivity contribution in [1.29, 1.82) is 0 Å². The highest BCUT2D eigenvalue weighted by Crippen LogP contribution is 2.48. The van der Waals surface area contributed by atoms with Gasteiger partial charge in [0, 0.05) is 26.2 Å². The van der Waals surface area contributed by atoms with Crippen molar-refractivity contribution < 1.29 is 22.3 Å². The van der Waals surface area contributed by atoms with E-state index in [1.54, 1.807) is 25.1 Å². The van der Waals surface area contributed by atoms with Gasteiger partial charge in [0.05, 0.1) is 27.9 Å². The number of benzene rings is 2. The van der Waals surface area contributed by atoms with E-state index < -0.39 is 10.0 Å². The van der Waals surface area contributed by atoms with Gasteiger partial charge in [-0.3, -0.25) is 4.90 Å². The Morgan fingerprint density at radius 2 is 1.89 bits per heavy atom. The van der Waals surface area contributed by atoms with Crippen LogP contribution in [-0.2, 0) is 14.8 Å². The first kappa shape index (κ1) is 19.7. The van der Waals surface area contributed by atoms with E-state index in [0.29, 0.717) is 53.2 Å². The molecule has 0 amide bonds. The second kappa shape index (κ2) is 8.00. The summed E-state index contributed by atoms with van der Waals surface area (Å²) in [4.78, 5) is 3.65. The molecule has 1 N–H and O–H groups in total. The molecule has 9 heteroatoms. The first-order valence-corrected chi connectivity index (χ1v) is 11.3. The zero-order valence-electron chi connectivity index (χ0n) is 15.4. The Hall–Kier alpha value is -1.65. The maximum Gasteiger partial charge on any atom is 0.240 e. The van der Waals surface area contributed by atoms with Crippen LogP contribution in [0.15, 0.2) is 45.0 Å². The van der Waals surface area contributed by atoms with Gasteiger partial charge in [-0.05, 0) is 42.8 Å². The Bertz CT molecular complexity index is 992. The molecule has 2 heterocycles. The smallest absolute Gasteiger partial charge is 0.240 e. The lowest BCUT2D eigenvalue weighted by Gasteiger charge is -2.26. The summed E-state index contributed by atoms with van der Waals surface area (Å²) in [5.74, 6) is 0.787. The zero-order chi connectivity index (χ0) is 19.7. The highest BCUT2D eigenvalue weighted by atomic mass is 32.2. The van der Waals surface area contributed by atoms with Gasteiger partial charge in [0.25, 0.3) is 0 Å². The number of hydrogen-bond donors (Lipinski definition) is 1. The number of fused-ring (bicyclic) bond motifs is 2. The number of hydrogen-bond acceptors (Lipinski definition) is 6. The maximum atomic E-state index is 13.5. The number of nitrogens with one attached hydrogen (secondary N) is 1. The SMILES string of the molecule is Cc1cc2c(cc1S(=O)(=O)NCCN1CCOCC1)Sc1cc(F)ccc1O2. The molecule has 0 aromatic heterocycles. The number of halogens is 1. The van der Waals surface area contributed by atoms with Gasteiger partial charge >= 0.3 is 0 Å². The molecule has 0 spiro atoms. The van der Waals surface area contributed by atoms with Gasteiger partial charge in [0.2, 0.25) is 10.0 Å². The van der Waals surface area contributed by atoms with E-state index in [4.69, 9.17) is 9.47 Å². The third-order valence-corrected chi connectivity index (χ3v) is 7.38. The average Bonchev–Trinajstić information content (AvgIpc) is 2.66. The lowest BCUT2D eigenvalue weighted by Crippen LogP contribution is -2.41. The molecule has 150 valence electrons. The summed E-state index contributed by atoms with van der Waals surface area (Å²) in [5, 5.41) is 0. The summed E-state index contributed by atoms with van der Waals surface area (Å²) in [5.41, 5.74) is 0.601. The largest absolute Gasteiger partial charge is 0.455 e. The van der Waals surface area contributed by atoms with Crippen LogP contribution >= 0.6 is 11.8 Å². The molecule has 28 heavy (non-hydrogen) atoms. The van der Waals surface area contributed by atoms with Gasteiger partial charge < -0.3 is 9.47 Å². The minimum absolute atomic E-state index is 0.212. The molecule has 1 fully saturated rings. The van der Waals surface area contributed by atoms with Gasteiger partial charge in [0.1, 0.15) is 17.3 Å². The van der Waals surface area contributed by atoms with E-state index in [9.17, 15) is 12.8 Å². The van der Waals surface area contributed by atoms with Crippen LogP contribution in [0, 0.1) is 12.7 Å². The fourth-order valence-electron chi connectivity index (χ4n) is 3.22. The molecule has 0 radical (unpaired) electrons. The molecule has 2 aliphatic heterocycles. The fourth-order valence-corrected chi connectivity index (χ4v) is 5.56. The van der Waals surface area contributed by atoms with Crippen molar-refractivity contribution in [2.45, 2.75) is 21.6 Å². The molecule has 0 unspecified atom stereocenters. The summed E-state index contributed by atoms with van der Waals surface area (Å²) < 4.78 is 52.9. The second-order valence-corrected chi connectivity index (χ2v) is 9.53. The molecular weight excluding hydrogens is 403 g/mol. The quantitative estimate of drug-likeness (QED) is 0.679. The van der Waals surface area contributed by atoms with E-state index >= 15 is 0 Å². The third kappa shape index (κ3) is 4.18. The van der Waals surface area contributed by atoms with Crippen LogP contribution in [0.3, 0.4) is 0 Å². The highest BCUT2D eigenvalue weighted by Gasteiger charge is 2.24. The predicted octanol–water partition coefficient (Wildman–Crippen LogP) is 3.00. The van der Waals surface area contributed by atoms with Crippen LogP contribution in [0.25, 0.3) is 0 Å². The summed E-state index contributed by atoms with van der Waals surface area (Å²) in [6.45, 7) is 5.68. The number of morpholine rings is 1. The molecule has 4 rings (SSSR count). The molecule has 6 nitrogen and oxygen atoms in total. The lowest BCUT2D eigenvalue weighted by atomic mass is 10.2. The lowest BCUT2D eigenvalue weighted by molar-refractivity contribution is 0.0390. The van der Waals surface area contributed by atoms with Crippen molar-refractivity contribution in [2.24, 2.45) is 0 Å². The average molecular weight is 425 g/mol. The van der Waals surface area contributed by atoms with Gasteiger partial charge in [-0.25, -0.2) is 17.5 Å². The number of ether oxygens (including phenoxy) is 2. The van der Waals surface area contributed by atoms with E-state index in [0.717, 1.165) is 13.1 Å². The standard InChI is InChI=1S/C19H21FN2O4S2/c1-13-10-16-18(27-17-11-14(20)2-3-15(17)26-16)12-19(13)28(23,24)21-4-5-22-6-8-25-9-7-22/h2-3,10-12,21H,4-9H2,1H3. The van der Waals surface area contributed by atoms with Crippen molar-refractivity contribution >= 4 is 21.8 Å². The van der Waals surface area contributed by atoms with Crippen LogP contribution in [0.2, 0.25) is 0 Å². The molecule has 2 aliphatic rings. The fraction of sp³-hybridized carbons (Fsp3) is 0.368. The van der Waals surface area contributed by atoms with Crippen molar-refractivity contribution in [1.82, 2.24) is 9.62 Å². The Morgan fingerprint density at radius 1 is 1.14 bits per heavy atom. The number of rotatable bonds is 5. The van der Waals surface area contributed by atoms with Crippen LogP contribution in [0.5, 0.6) is 11.5 Å². The van der Waals surface area contributed by atoms with Gasteiger partial charge in [-0.1, -0.05) is 11.8 Å². The normalized spacial score (nSPS) is 16.9. The summed E-state index contributed by atoms with van der Waals surface area (Å²) in [7, 11) is -3.66. The van der Waals surface area contributed by atoms with E-state index in [-0.39, 0.29) is 10.7 Å². The summed E-state index contributed by atoms with van der Waals surface area (Å²) in [6, 6.07) is 7.62. The number of sulfonamides is 1. The van der Waals surface area contributed by atoms with Crippen LogP contribution < -0.4 is 9.46 Å². The van der Waals surface area contributed by atoms with Crippen molar-refractivity contribution in [2.75, 3.05) is 39.4 Å². The first-order valence-electron chi connectivity index (χ1n) is 9.02. The maximum absolute atomic E-state index is 13.5. The minimum atomic E-state index is -3.66. The topological polar surface area (TPSA) is 67.9 Å². The molecule has 0 saturated carbocycles. The summed E-state index contributed by atoms with van der Waals surface area (Å²) in [6.07, 6.45) is 0. The predicted molar refractivity (Wildman–Crippen MR) is 104 cm³/mol. The van der Waals surface area contributed by atoms with E-state index in [1.807, 2.05) is 0 Å². The monoisotopic (exact) mass is 424 g/mol. The Balaban J connectivity index is 1.51. The second-order valence-electron chi connectivity index (χ2n) is 6.71. The molecular formula is C19H21FN2O4S2. The Labute approximate surface area is 168 Å². The molecule has 2 aromatic rings. The number of aryl methyl sites for hydroxylation is 1. The molecule has 1 saturated heterocycles. The van der Waals surface area contributed by atoms with Crippen molar-refractivity contribution in [3.05, 3.63) is 41.7 Å². The number of nitrogens with zero attached hydrogens (tertiary/aromatic N) is 1. The van der Waals surface area contributed by atoms with Crippen LogP contribution in [0.4, 0.5) is 4.39 Å². The first-order chi connectivity index (χ1) is 13.4. The molecule has 0 bridgehead atoms. The Kier molecular flexibility index (Phi) is 5.62. The Morgan fingerprint density at radius 3 is 2.68 bits per heavy atom. The van der Waals surface area contributed by atoms with Gasteiger partial charge in [-0.15, -0.1) is 0 Å². The highest BCUT2D eigenvalue weighted by molar-refractivity contribution is 7.99. The minimum Gasteiger partial charge on any atom is -0.455 e. The van der Waals surface area contributed by atoms with E-state index in [1.165, 1.54) is 23.9 Å². The van der Waals surface area contributed by atoms with Crippen LogP contribution in [-0.4, -0.2) is 52.7 Å². The van der Waals surface area contributed by atoms with Crippen LogP contribution in [0.1, 0.15) is 5.56 Å². The van der Waals surface area contributed by atoms with Gasteiger partial charge in [-0.2, -0.15) is 0 Å². The van der Waals surface area contributed by atoms with Crippen molar-refractivity contribution in [3.8, 4) is 11.5 Å². The van der Waals surface area contributed by atoms with Gasteiger partial charge in [0.15, 0.2) is 0 Å². The van der Waals surface area contributed by atoms with E-state index in [2.05, 4.69) is 9.62 Å². The summed E-state index contributed by atoms with van der Waals surface area (Å²) >= 11 is 1.30. The van der Waals surface area contributed by atoms with Crippen molar-refractivity contribution in [3.63, 3.8) is 0 Å².